The van der Waals surface area contributed by atoms with Crippen molar-refractivity contribution in [1.82, 2.24) is 0 Å². The molecule has 3 heteroatoms. The van der Waals surface area contributed by atoms with E-state index in [2.05, 4.69) is 41.5 Å². The summed E-state index contributed by atoms with van der Waals surface area (Å²) >= 11 is 0. The minimum absolute atomic E-state index is 0. The van der Waals surface area contributed by atoms with Crippen LogP contribution in [0.15, 0.2) is 0 Å². The van der Waals surface area contributed by atoms with Crippen LogP contribution in [0, 0.1) is 40.5 Å². The second-order valence-corrected chi connectivity index (χ2v) is 3.69. The SMILES string of the molecule is C.C.[CH2-]C(C)C.[CH2-]COCCC(C)C.[CH3-].[CH3-].[Y].[Y]. The third-order valence-electron chi connectivity index (χ3n) is 0.984. The molecule has 0 fully saturated rings. The summed E-state index contributed by atoms with van der Waals surface area (Å²) in [6, 6.07) is 0. The van der Waals surface area contributed by atoms with E-state index in [0.717, 1.165) is 18.9 Å². The Labute approximate surface area is 171 Å². The summed E-state index contributed by atoms with van der Waals surface area (Å²) in [5, 5.41) is 0. The Bertz CT molecular complexity index is 74.1. The van der Waals surface area contributed by atoms with E-state index in [4.69, 9.17) is 4.74 Å². The van der Waals surface area contributed by atoms with Gasteiger partial charge in [-0.1, -0.05) is 49.2 Å². The molecule has 0 saturated heterocycles. The van der Waals surface area contributed by atoms with Gasteiger partial charge in [-0.25, -0.2) is 0 Å². The average Bonchev–Trinajstić information content (AvgIpc) is 1.86. The number of hydrogen-bond donors (Lipinski definition) is 0. The fraction of sp³-hybridized carbons (Fsp3) is 0.733. The summed E-state index contributed by atoms with van der Waals surface area (Å²) < 4.78 is 5.03. The second kappa shape index (κ2) is 42.7. The minimum atomic E-state index is 0. The quantitative estimate of drug-likeness (QED) is 0.436. The van der Waals surface area contributed by atoms with Crippen LogP contribution in [-0.2, 0) is 70.2 Å². The Morgan fingerprint density at radius 3 is 1.39 bits per heavy atom. The summed E-state index contributed by atoms with van der Waals surface area (Å²) in [6.07, 6.45) is 1.15. The van der Waals surface area contributed by atoms with Crippen LogP contribution in [-0.4, -0.2) is 13.2 Å². The zero-order chi connectivity index (χ0) is 9.98. The summed E-state index contributed by atoms with van der Waals surface area (Å²) in [5.41, 5.74) is 0. The van der Waals surface area contributed by atoms with Gasteiger partial charge in [0.2, 0.25) is 0 Å². The molecular weight excluding hydrogens is 374 g/mol. The fourth-order valence-corrected chi connectivity index (χ4v) is 0.421. The first-order valence-corrected chi connectivity index (χ1v) is 4.70. The average molecular weight is 412 g/mol. The van der Waals surface area contributed by atoms with Crippen molar-refractivity contribution in [3.05, 3.63) is 28.7 Å². The van der Waals surface area contributed by atoms with Crippen LogP contribution in [0.3, 0.4) is 0 Å². The van der Waals surface area contributed by atoms with Crippen LogP contribution in [0.5, 0.6) is 0 Å². The van der Waals surface area contributed by atoms with E-state index in [9.17, 15) is 0 Å². The van der Waals surface area contributed by atoms with Crippen molar-refractivity contribution in [1.29, 1.82) is 0 Å². The Kier molecular flexibility index (Phi) is 119. The molecule has 0 N–H and O–H groups in total. The van der Waals surface area contributed by atoms with Gasteiger partial charge in [0.1, 0.15) is 0 Å². The maximum Gasteiger partial charge on any atom is 0.0432 e. The van der Waals surface area contributed by atoms with Crippen molar-refractivity contribution in [2.75, 3.05) is 13.2 Å². The van der Waals surface area contributed by atoms with Crippen LogP contribution >= 0.6 is 0 Å². The first kappa shape index (κ1) is 50.0. The number of hydrogen-bond acceptors (Lipinski definition) is 1. The molecular formula is C15H38OY2-4. The first-order valence-electron chi connectivity index (χ1n) is 4.70. The Morgan fingerprint density at radius 2 is 1.22 bits per heavy atom. The molecule has 0 aliphatic heterocycles. The van der Waals surface area contributed by atoms with E-state index in [1.807, 2.05) is 0 Å². The van der Waals surface area contributed by atoms with E-state index >= 15 is 0 Å². The maximum atomic E-state index is 5.03. The molecule has 0 aliphatic rings. The van der Waals surface area contributed by atoms with E-state index < -0.39 is 0 Å². The van der Waals surface area contributed by atoms with Crippen LogP contribution < -0.4 is 0 Å². The molecule has 0 aliphatic carbocycles. The molecule has 0 spiro atoms. The van der Waals surface area contributed by atoms with E-state index in [0.29, 0.717) is 12.5 Å². The van der Waals surface area contributed by atoms with E-state index in [-0.39, 0.29) is 95.1 Å². The predicted molar refractivity (Wildman–Crippen MR) is 82.1 cm³/mol. The normalized spacial score (nSPS) is 6.67. The molecule has 0 aromatic rings. The first-order chi connectivity index (χ1) is 5.50. The van der Waals surface area contributed by atoms with Crippen molar-refractivity contribution < 1.29 is 70.2 Å². The zero-order valence-electron chi connectivity index (χ0n) is 12.3. The van der Waals surface area contributed by atoms with Gasteiger partial charge in [-0.05, 0) is 12.3 Å². The molecule has 18 heavy (non-hydrogen) atoms. The fourth-order valence-electron chi connectivity index (χ4n) is 0.421. The van der Waals surface area contributed by atoms with Crippen molar-refractivity contribution in [2.24, 2.45) is 11.8 Å². The van der Waals surface area contributed by atoms with Gasteiger partial charge in [-0.15, -0.1) is 0 Å². The number of ether oxygens (including phenoxy) is 1. The Morgan fingerprint density at radius 1 is 0.944 bits per heavy atom. The van der Waals surface area contributed by atoms with Crippen molar-refractivity contribution in [3.63, 3.8) is 0 Å². The standard InChI is InChI=1S/C7H15O.C4H9.2CH4.2CH3.2Y/c1-4-8-6-5-7(2)3;1-4(2)3;;;;;;/h7H,1,4-6H2,2-3H3;4H,1H2,2-3H3;2*1H4;2*1H3;;/q2*-1;;;2*-1;;. The third-order valence-corrected chi connectivity index (χ3v) is 0.984. The van der Waals surface area contributed by atoms with Crippen molar-refractivity contribution in [3.8, 4) is 0 Å². The smallest absolute Gasteiger partial charge is 0.0432 e. The molecule has 0 aromatic heterocycles. The molecule has 0 heterocycles. The molecule has 114 valence electrons. The number of rotatable bonds is 4. The van der Waals surface area contributed by atoms with Crippen molar-refractivity contribution in [2.45, 2.75) is 49.0 Å². The molecule has 0 bridgehead atoms. The largest absolute Gasteiger partial charge is 0.413 e. The summed E-state index contributed by atoms with van der Waals surface area (Å²) in [5.74, 6) is 1.33. The second-order valence-electron chi connectivity index (χ2n) is 3.69. The molecule has 0 saturated carbocycles. The van der Waals surface area contributed by atoms with Gasteiger partial charge < -0.3 is 33.4 Å². The van der Waals surface area contributed by atoms with Crippen LogP contribution in [0.1, 0.15) is 49.0 Å². The Hall–Kier alpha value is 2.17. The van der Waals surface area contributed by atoms with E-state index in [1.54, 1.807) is 0 Å². The van der Waals surface area contributed by atoms with Crippen LogP contribution in [0.4, 0.5) is 0 Å². The summed E-state index contributed by atoms with van der Waals surface area (Å²) in [6.45, 7) is 17.2. The molecule has 0 atom stereocenters. The van der Waals surface area contributed by atoms with Gasteiger partial charge in [-0.3, -0.25) is 0 Å². The monoisotopic (exact) mass is 412 g/mol. The van der Waals surface area contributed by atoms with Crippen LogP contribution in [0.25, 0.3) is 0 Å². The Balaban J connectivity index is -0.0000000152. The minimum Gasteiger partial charge on any atom is -0.413 e. The van der Waals surface area contributed by atoms with E-state index in [1.165, 1.54) is 0 Å². The van der Waals surface area contributed by atoms with Gasteiger partial charge in [0.25, 0.3) is 0 Å². The summed E-state index contributed by atoms with van der Waals surface area (Å²) in [7, 11) is 0. The molecule has 2 radical (unpaired) electrons. The van der Waals surface area contributed by atoms with Gasteiger partial charge in [0.15, 0.2) is 0 Å². The molecule has 1 nitrogen and oxygen atoms in total. The molecule has 0 aromatic carbocycles. The molecule has 0 amide bonds. The third kappa shape index (κ3) is 104. The summed E-state index contributed by atoms with van der Waals surface area (Å²) in [4.78, 5) is 0. The maximum absolute atomic E-state index is 5.03. The van der Waals surface area contributed by atoms with Gasteiger partial charge >= 0.3 is 0 Å². The van der Waals surface area contributed by atoms with Crippen molar-refractivity contribution >= 4 is 0 Å². The zero-order valence-corrected chi connectivity index (χ0v) is 17.9. The van der Waals surface area contributed by atoms with Gasteiger partial charge in [0, 0.05) is 72.0 Å². The topological polar surface area (TPSA) is 9.23 Å². The van der Waals surface area contributed by atoms with Gasteiger partial charge in [0.05, 0.1) is 0 Å². The molecule has 0 rings (SSSR count). The van der Waals surface area contributed by atoms with Gasteiger partial charge in [-0.2, -0.15) is 5.92 Å². The predicted octanol–water partition coefficient (Wildman–Crippen LogP) is 5.53. The van der Waals surface area contributed by atoms with Crippen LogP contribution in [0.2, 0.25) is 0 Å². The molecule has 0 unspecified atom stereocenters.